The van der Waals surface area contributed by atoms with Crippen LogP contribution in [0.25, 0.3) is 11.3 Å². The predicted molar refractivity (Wildman–Crippen MR) is 124 cm³/mol. The van der Waals surface area contributed by atoms with E-state index in [4.69, 9.17) is 0 Å². The first-order valence-corrected chi connectivity index (χ1v) is 10.6. The fourth-order valence-electron chi connectivity index (χ4n) is 4.06. The van der Waals surface area contributed by atoms with E-state index >= 15 is 0 Å². The first-order valence-electron chi connectivity index (χ1n) is 9.85. The number of halogens is 3. The fraction of sp³-hybridized carbons (Fsp3) is 0.318. The van der Waals surface area contributed by atoms with Crippen LogP contribution in [0, 0.1) is 12.7 Å². The van der Waals surface area contributed by atoms with Gasteiger partial charge in [-0.2, -0.15) is 5.10 Å². The van der Waals surface area contributed by atoms with Gasteiger partial charge in [0.2, 0.25) is 0 Å². The average molecular weight is 509 g/mol. The van der Waals surface area contributed by atoms with Crippen LogP contribution in [-0.2, 0) is 7.05 Å². The summed E-state index contributed by atoms with van der Waals surface area (Å²) in [6.07, 6.45) is 4.25. The molecular weight excluding hydrogens is 485 g/mol. The summed E-state index contributed by atoms with van der Waals surface area (Å²) in [7, 11) is 1.86. The molecule has 1 aliphatic heterocycles. The topological polar surface area (TPSA) is 71.8 Å². The number of piperidine rings is 1. The van der Waals surface area contributed by atoms with Gasteiger partial charge in [0.1, 0.15) is 11.5 Å². The Kier molecular flexibility index (Phi) is 7.46. The second kappa shape index (κ2) is 9.89. The summed E-state index contributed by atoms with van der Waals surface area (Å²) in [6, 6.07) is 8.43. The highest BCUT2D eigenvalue weighted by atomic mass is 79.9. The number of nitrogens with zero attached hydrogens (tertiary/aromatic N) is 3. The number of hydrogen-bond acceptors (Lipinski definition) is 4. The summed E-state index contributed by atoms with van der Waals surface area (Å²) in [5, 5.41) is 10.7. The molecule has 3 aromatic rings. The van der Waals surface area contributed by atoms with Crippen molar-refractivity contribution in [2.45, 2.75) is 25.3 Å². The second-order valence-electron chi connectivity index (χ2n) is 7.59. The zero-order valence-electron chi connectivity index (χ0n) is 17.2. The average Bonchev–Trinajstić information content (AvgIpc) is 3.06. The van der Waals surface area contributed by atoms with E-state index in [0.717, 1.165) is 39.8 Å². The van der Waals surface area contributed by atoms with E-state index in [0.29, 0.717) is 12.2 Å². The van der Waals surface area contributed by atoms with Crippen molar-refractivity contribution in [1.82, 2.24) is 25.4 Å². The van der Waals surface area contributed by atoms with E-state index in [1.165, 1.54) is 6.07 Å². The minimum atomic E-state index is -0.259. The Morgan fingerprint density at radius 1 is 1.32 bits per heavy atom. The molecule has 2 N–H and O–H groups in total. The van der Waals surface area contributed by atoms with Crippen molar-refractivity contribution in [3.05, 3.63) is 69.8 Å². The lowest BCUT2D eigenvalue weighted by molar-refractivity contribution is 0.0918. The maximum Gasteiger partial charge on any atom is 0.270 e. The Hall–Kier alpha value is -2.29. The summed E-state index contributed by atoms with van der Waals surface area (Å²) in [5.41, 5.74) is 3.86. The zero-order chi connectivity index (χ0) is 21.3. The van der Waals surface area contributed by atoms with Crippen LogP contribution in [0.5, 0.6) is 0 Å². The summed E-state index contributed by atoms with van der Waals surface area (Å²) < 4.78 is 16.3. The van der Waals surface area contributed by atoms with Crippen molar-refractivity contribution in [3.63, 3.8) is 0 Å². The molecule has 164 valence electrons. The summed E-state index contributed by atoms with van der Waals surface area (Å²) >= 11 is 3.50. The Bertz CT molecular complexity index is 1070. The largest absolute Gasteiger partial charge is 0.346 e. The van der Waals surface area contributed by atoms with E-state index in [1.54, 1.807) is 29.2 Å². The number of aromatic nitrogens is 3. The van der Waals surface area contributed by atoms with Gasteiger partial charge in [-0.1, -0.05) is 12.1 Å². The van der Waals surface area contributed by atoms with Crippen LogP contribution in [0.2, 0.25) is 0 Å². The van der Waals surface area contributed by atoms with Crippen molar-refractivity contribution < 1.29 is 9.18 Å². The molecule has 3 heterocycles. The van der Waals surface area contributed by atoms with Gasteiger partial charge in [-0.25, -0.2) is 4.39 Å². The van der Waals surface area contributed by atoms with Gasteiger partial charge < -0.3 is 10.6 Å². The third-order valence-corrected chi connectivity index (χ3v) is 6.12. The molecule has 1 aliphatic rings. The Morgan fingerprint density at radius 3 is 2.81 bits per heavy atom. The van der Waals surface area contributed by atoms with Crippen LogP contribution in [-0.4, -0.2) is 39.8 Å². The normalized spacial score (nSPS) is 18.3. The van der Waals surface area contributed by atoms with Gasteiger partial charge >= 0.3 is 0 Å². The Balaban J connectivity index is 0.00000272. The molecule has 2 atom stereocenters. The lowest BCUT2D eigenvalue weighted by Crippen LogP contribution is -2.50. The number of pyridine rings is 1. The number of rotatable bonds is 4. The minimum Gasteiger partial charge on any atom is -0.346 e. The number of benzene rings is 1. The van der Waals surface area contributed by atoms with Crippen molar-refractivity contribution in [2.24, 2.45) is 7.05 Å². The molecule has 1 saturated heterocycles. The van der Waals surface area contributed by atoms with Crippen LogP contribution in [0.1, 0.15) is 34.0 Å². The lowest BCUT2D eigenvalue weighted by atomic mass is 9.86. The third-order valence-electron chi connectivity index (χ3n) is 5.54. The first kappa shape index (κ1) is 23.4. The molecule has 6 nitrogen and oxygen atoms in total. The van der Waals surface area contributed by atoms with Crippen molar-refractivity contribution in [1.29, 1.82) is 0 Å². The number of aryl methyl sites for hydroxylation is 2. The van der Waals surface area contributed by atoms with E-state index in [9.17, 15) is 9.18 Å². The van der Waals surface area contributed by atoms with Gasteiger partial charge in [-0.3, -0.25) is 14.5 Å². The highest BCUT2D eigenvalue weighted by molar-refractivity contribution is 9.10. The highest BCUT2D eigenvalue weighted by Gasteiger charge is 2.29. The van der Waals surface area contributed by atoms with Crippen molar-refractivity contribution in [2.75, 3.05) is 13.1 Å². The molecule has 1 amide bonds. The molecule has 0 aliphatic carbocycles. The SMILES string of the molecule is Cc1cc(-c2c(Br)cnn2C)cnc1C(=O)N[C@@H]1CNCC[C@H]1c1cccc(F)c1.Cl. The van der Waals surface area contributed by atoms with Gasteiger partial charge in [0.25, 0.3) is 5.91 Å². The van der Waals surface area contributed by atoms with Crippen molar-refractivity contribution in [3.8, 4) is 11.3 Å². The molecule has 4 rings (SSSR count). The first-order chi connectivity index (χ1) is 14.4. The van der Waals surface area contributed by atoms with Gasteiger partial charge in [-0.05, 0) is 65.1 Å². The van der Waals surface area contributed by atoms with Crippen LogP contribution in [0.15, 0.2) is 47.2 Å². The summed E-state index contributed by atoms with van der Waals surface area (Å²) in [4.78, 5) is 17.4. The van der Waals surface area contributed by atoms with Gasteiger partial charge in [0.05, 0.1) is 16.4 Å². The number of carbonyl (C=O) groups excluding carboxylic acids is 1. The van der Waals surface area contributed by atoms with Gasteiger partial charge in [0, 0.05) is 37.3 Å². The molecule has 1 fully saturated rings. The molecule has 0 unspecified atom stereocenters. The standard InChI is InChI=1S/C22H23BrFN5O.ClH/c1-13-8-15(21-18(23)11-27-29(21)2)10-26-20(13)22(30)28-19-12-25-7-6-17(19)14-4-3-5-16(24)9-14;/h3-5,8-11,17,19,25H,6-7,12H2,1-2H3,(H,28,30);1H/t17-,19+;/m0./s1. The molecule has 9 heteroatoms. The molecule has 0 radical (unpaired) electrons. The molecule has 31 heavy (non-hydrogen) atoms. The Morgan fingerprint density at radius 2 is 2.13 bits per heavy atom. The molecule has 0 spiro atoms. The van der Waals surface area contributed by atoms with Gasteiger partial charge in [-0.15, -0.1) is 12.4 Å². The van der Waals surface area contributed by atoms with Crippen molar-refractivity contribution >= 4 is 34.2 Å². The van der Waals surface area contributed by atoms with E-state index in [-0.39, 0.29) is 36.1 Å². The number of nitrogens with one attached hydrogen (secondary N) is 2. The fourth-order valence-corrected chi connectivity index (χ4v) is 4.64. The summed E-state index contributed by atoms with van der Waals surface area (Å²) in [5.74, 6) is -0.431. The van der Waals surface area contributed by atoms with Crippen LogP contribution >= 0.6 is 28.3 Å². The quantitative estimate of drug-likeness (QED) is 0.559. The number of hydrogen-bond donors (Lipinski definition) is 2. The molecule has 0 saturated carbocycles. The van der Waals surface area contributed by atoms with E-state index in [2.05, 4.69) is 36.6 Å². The number of amides is 1. The predicted octanol–water partition coefficient (Wildman–Crippen LogP) is 3.99. The van der Waals surface area contributed by atoms with Crippen LogP contribution < -0.4 is 10.6 Å². The van der Waals surface area contributed by atoms with Gasteiger partial charge in [0.15, 0.2) is 0 Å². The van der Waals surface area contributed by atoms with Crippen LogP contribution in [0.3, 0.4) is 0 Å². The number of carbonyl (C=O) groups is 1. The zero-order valence-corrected chi connectivity index (χ0v) is 19.6. The molecule has 2 aromatic heterocycles. The second-order valence-corrected chi connectivity index (χ2v) is 8.44. The van der Waals surface area contributed by atoms with Crippen LogP contribution in [0.4, 0.5) is 4.39 Å². The van der Waals surface area contributed by atoms with E-state index in [1.807, 2.05) is 26.1 Å². The monoisotopic (exact) mass is 507 g/mol. The highest BCUT2D eigenvalue weighted by Crippen LogP contribution is 2.29. The smallest absolute Gasteiger partial charge is 0.270 e. The maximum absolute atomic E-state index is 13.7. The molecule has 0 bridgehead atoms. The summed E-state index contributed by atoms with van der Waals surface area (Å²) in [6.45, 7) is 3.34. The lowest BCUT2D eigenvalue weighted by Gasteiger charge is -2.33. The molecular formula is C22H24BrClFN5O. The van der Waals surface area contributed by atoms with E-state index < -0.39 is 0 Å². The minimum absolute atomic E-state index is 0. The third kappa shape index (κ3) is 4.97. The molecule has 1 aromatic carbocycles. The Labute approximate surface area is 195 Å². The maximum atomic E-state index is 13.7.